The van der Waals surface area contributed by atoms with Gasteiger partial charge in [-0.3, -0.25) is 0 Å². The summed E-state index contributed by atoms with van der Waals surface area (Å²) in [6.45, 7) is 2.06. The van der Waals surface area contributed by atoms with E-state index in [1.54, 1.807) is 54.7 Å². The van der Waals surface area contributed by atoms with E-state index in [0.29, 0.717) is 34.8 Å². The average molecular weight is 483 g/mol. The van der Waals surface area contributed by atoms with Crippen LogP contribution in [0.15, 0.2) is 58.1 Å². The highest BCUT2D eigenvalue weighted by atomic mass is 32.2. The molecule has 170 valence electrons. The second-order valence-electron chi connectivity index (χ2n) is 7.78. The molecule has 33 heavy (non-hydrogen) atoms. The number of aromatic amines is 1. The van der Waals surface area contributed by atoms with Gasteiger partial charge in [0.15, 0.2) is 0 Å². The summed E-state index contributed by atoms with van der Waals surface area (Å²) in [6.07, 6.45) is 1.73. The van der Waals surface area contributed by atoms with Crippen LogP contribution in [0.1, 0.15) is 30.1 Å². The Bertz CT molecular complexity index is 1420. The number of carbonyl (C=O) groups excluding carboxylic acids is 1. The monoisotopic (exact) mass is 482 g/mol. The van der Waals surface area contributed by atoms with Crippen molar-refractivity contribution in [3.05, 3.63) is 58.8 Å². The normalized spacial score (nSPS) is 13.8. The van der Waals surface area contributed by atoms with Crippen molar-refractivity contribution in [2.24, 2.45) is 0 Å². The van der Waals surface area contributed by atoms with Crippen molar-refractivity contribution in [3.63, 3.8) is 0 Å². The minimum atomic E-state index is -3.61. The first-order valence-corrected chi connectivity index (χ1v) is 13.0. The quantitative estimate of drug-likeness (QED) is 0.315. The maximum absolute atomic E-state index is 12.8. The molecule has 2 heterocycles. The molecule has 0 unspecified atom stereocenters. The zero-order valence-corrected chi connectivity index (χ0v) is 19.4. The number of benzene rings is 2. The second-order valence-corrected chi connectivity index (χ2v) is 10.3. The number of imidazole rings is 1. The van der Waals surface area contributed by atoms with E-state index >= 15 is 0 Å². The predicted molar refractivity (Wildman–Crippen MR) is 128 cm³/mol. The third kappa shape index (κ3) is 4.63. The molecule has 0 bridgehead atoms. The lowest BCUT2D eigenvalue weighted by atomic mass is 10.1. The minimum absolute atomic E-state index is 0.0203. The summed E-state index contributed by atoms with van der Waals surface area (Å²) in [4.78, 5) is 19.9. The molecule has 0 aliphatic heterocycles. The Morgan fingerprint density at radius 2 is 2.06 bits per heavy atom. The predicted octanol–water partition coefficient (Wildman–Crippen LogP) is 4.65. The highest BCUT2D eigenvalue weighted by Gasteiger charge is 2.28. The Morgan fingerprint density at radius 1 is 1.21 bits per heavy atom. The molecule has 0 radical (unpaired) electrons. The van der Waals surface area contributed by atoms with E-state index in [-0.39, 0.29) is 10.9 Å². The van der Waals surface area contributed by atoms with Crippen molar-refractivity contribution in [2.75, 3.05) is 11.9 Å². The highest BCUT2D eigenvalue weighted by Crippen LogP contribution is 2.34. The average Bonchev–Trinajstić information content (AvgIpc) is 3.26. The number of aromatic nitrogens is 2. The van der Waals surface area contributed by atoms with E-state index in [2.05, 4.69) is 20.0 Å². The van der Waals surface area contributed by atoms with Gasteiger partial charge in [-0.2, -0.15) is 11.3 Å². The van der Waals surface area contributed by atoms with Crippen LogP contribution in [0.5, 0.6) is 0 Å². The number of hydrogen-bond acceptors (Lipinski definition) is 7. The number of thiophene rings is 1. The summed E-state index contributed by atoms with van der Waals surface area (Å²) in [6, 6.07) is 12.1. The molecule has 5 rings (SSSR count). The Labute approximate surface area is 195 Å². The molecule has 3 N–H and O–H groups in total. The summed E-state index contributed by atoms with van der Waals surface area (Å²) in [5.41, 5.74) is 4.20. The molecule has 1 aliphatic rings. The van der Waals surface area contributed by atoms with E-state index in [9.17, 15) is 13.2 Å². The molecular weight excluding hydrogens is 460 g/mol. The number of nitrogens with zero attached hydrogens (tertiary/aromatic N) is 1. The maximum atomic E-state index is 12.8. The van der Waals surface area contributed by atoms with Gasteiger partial charge >= 0.3 is 5.97 Å². The lowest BCUT2D eigenvalue weighted by Crippen LogP contribution is -2.25. The van der Waals surface area contributed by atoms with Crippen LogP contribution in [0, 0.1) is 0 Å². The standard InChI is InChI=1S/C23H22N4O4S2/c1-2-31-22(28)14-3-8-19-21(11-14)26-23(24-19)25-20-12-17(33(29,30)27-16-4-5-16)6-7-18(20)15-9-10-32-13-15/h3,6-13,16,27H,2,4-5H2,1H3,(H2,24,25,26). The van der Waals surface area contributed by atoms with Gasteiger partial charge in [-0.15, -0.1) is 0 Å². The van der Waals surface area contributed by atoms with Crippen molar-refractivity contribution in [3.8, 4) is 11.1 Å². The molecule has 10 heteroatoms. The van der Waals surface area contributed by atoms with Gasteiger partial charge in [0.1, 0.15) is 0 Å². The molecule has 2 aromatic heterocycles. The van der Waals surface area contributed by atoms with E-state index in [1.165, 1.54) is 0 Å². The minimum Gasteiger partial charge on any atom is -0.462 e. The fraction of sp³-hybridized carbons (Fsp3) is 0.217. The zero-order valence-electron chi connectivity index (χ0n) is 17.8. The molecule has 1 fully saturated rings. The second kappa shape index (κ2) is 8.62. The van der Waals surface area contributed by atoms with Crippen molar-refractivity contribution >= 4 is 50.0 Å². The van der Waals surface area contributed by atoms with Crippen LogP contribution in [0.25, 0.3) is 22.2 Å². The fourth-order valence-electron chi connectivity index (χ4n) is 3.49. The first-order chi connectivity index (χ1) is 15.9. The summed E-state index contributed by atoms with van der Waals surface area (Å²) in [5.74, 6) is 0.0384. The molecular formula is C23H22N4O4S2. The third-order valence-corrected chi connectivity index (χ3v) is 7.48. The molecule has 0 spiro atoms. The Hall–Kier alpha value is -3.21. The van der Waals surface area contributed by atoms with Gasteiger partial charge in [-0.1, -0.05) is 6.07 Å². The molecule has 4 aromatic rings. The number of esters is 1. The third-order valence-electron chi connectivity index (χ3n) is 5.28. The van der Waals surface area contributed by atoms with Crippen molar-refractivity contribution in [2.45, 2.75) is 30.7 Å². The van der Waals surface area contributed by atoms with Gasteiger partial charge in [-0.25, -0.2) is 22.9 Å². The van der Waals surface area contributed by atoms with Crippen LogP contribution in [-0.4, -0.2) is 37.0 Å². The lowest BCUT2D eigenvalue weighted by molar-refractivity contribution is 0.0526. The van der Waals surface area contributed by atoms with Crippen molar-refractivity contribution in [1.82, 2.24) is 14.7 Å². The van der Waals surface area contributed by atoms with E-state index in [4.69, 9.17) is 4.74 Å². The largest absolute Gasteiger partial charge is 0.462 e. The summed E-state index contributed by atoms with van der Waals surface area (Å²) in [5, 5.41) is 7.21. The van der Waals surface area contributed by atoms with Crippen LogP contribution in [0.2, 0.25) is 0 Å². The number of ether oxygens (including phenoxy) is 1. The first-order valence-electron chi connectivity index (χ1n) is 10.6. The Morgan fingerprint density at radius 3 is 2.79 bits per heavy atom. The lowest BCUT2D eigenvalue weighted by Gasteiger charge is -2.13. The topological polar surface area (TPSA) is 113 Å². The van der Waals surface area contributed by atoms with Gasteiger partial charge in [0.2, 0.25) is 16.0 Å². The molecule has 1 saturated carbocycles. The maximum Gasteiger partial charge on any atom is 0.338 e. The number of rotatable bonds is 8. The zero-order chi connectivity index (χ0) is 23.0. The number of nitrogens with one attached hydrogen (secondary N) is 3. The van der Waals surface area contributed by atoms with E-state index in [0.717, 1.165) is 24.0 Å². The van der Waals surface area contributed by atoms with Crippen molar-refractivity contribution in [1.29, 1.82) is 0 Å². The van der Waals surface area contributed by atoms with Gasteiger partial charge in [0, 0.05) is 11.6 Å². The van der Waals surface area contributed by atoms with Crippen LogP contribution >= 0.6 is 11.3 Å². The van der Waals surface area contributed by atoms with E-state index < -0.39 is 16.0 Å². The van der Waals surface area contributed by atoms with Crippen LogP contribution < -0.4 is 10.0 Å². The molecule has 8 nitrogen and oxygen atoms in total. The van der Waals surface area contributed by atoms with Crippen LogP contribution in [-0.2, 0) is 14.8 Å². The Kier molecular flexibility index (Phi) is 5.65. The summed E-state index contributed by atoms with van der Waals surface area (Å²) >= 11 is 1.56. The molecule has 0 saturated heterocycles. The number of hydrogen-bond donors (Lipinski definition) is 3. The van der Waals surface area contributed by atoms with Crippen LogP contribution in [0.4, 0.5) is 11.6 Å². The van der Waals surface area contributed by atoms with Gasteiger partial charge in [0.25, 0.3) is 0 Å². The summed E-state index contributed by atoms with van der Waals surface area (Å²) < 4.78 is 33.3. The number of carbonyl (C=O) groups is 1. The Balaban J connectivity index is 1.51. The van der Waals surface area contributed by atoms with Gasteiger partial charge in [-0.05, 0) is 72.5 Å². The molecule has 0 amide bonds. The number of fused-ring (bicyclic) bond motifs is 1. The SMILES string of the molecule is CCOC(=O)c1ccc2nc(Nc3cc(S(=O)(=O)NC4CC4)ccc3-c3ccsc3)[nH]c2c1. The molecule has 2 aromatic carbocycles. The van der Waals surface area contributed by atoms with E-state index in [1.807, 2.05) is 16.8 Å². The first kappa shape index (κ1) is 21.6. The number of sulfonamides is 1. The van der Waals surface area contributed by atoms with Crippen molar-refractivity contribution < 1.29 is 17.9 Å². The highest BCUT2D eigenvalue weighted by molar-refractivity contribution is 7.89. The summed E-state index contributed by atoms with van der Waals surface area (Å²) in [7, 11) is -3.61. The number of H-pyrrole nitrogens is 1. The smallest absolute Gasteiger partial charge is 0.338 e. The van der Waals surface area contributed by atoms with Gasteiger partial charge < -0.3 is 15.0 Å². The molecule has 0 atom stereocenters. The fourth-order valence-corrected chi connectivity index (χ4v) is 5.48. The van der Waals surface area contributed by atoms with Gasteiger partial charge in [0.05, 0.1) is 33.8 Å². The number of anilines is 2. The van der Waals surface area contributed by atoms with Crippen LogP contribution in [0.3, 0.4) is 0 Å². The molecule has 1 aliphatic carbocycles.